The second-order valence-electron chi connectivity index (χ2n) is 8.05. The van der Waals surface area contributed by atoms with E-state index in [-0.39, 0.29) is 5.91 Å². The molecule has 160 valence electrons. The van der Waals surface area contributed by atoms with Crippen LogP contribution in [0.25, 0.3) is 0 Å². The molecule has 2 aliphatic rings. The van der Waals surface area contributed by atoms with Crippen LogP contribution in [0.4, 0.5) is 0 Å². The summed E-state index contributed by atoms with van der Waals surface area (Å²) in [6.45, 7) is 4.47. The summed E-state index contributed by atoms with van der Waals surface area (Å²) in [5.74, 6) is 1.24. The van der Waals surface area contributed by atoms with E-state index >= 15 is 0 Å². The third-order valence-electron chi connectivity index (χ3n) is 6.06. The maximum absolute atomic E-state index is 13.2. The van der Waals surface area contributed by atoms with Crippen molar-refractivity contribution in [2.45, 2.75) is 38.3 Å². The van der Waals surface area contributed by atoms with Crippen molar-refractivity contribution in [3.05, 3.63) is 58.6 Å². The second kappa shape index (κ2) is 9.71. The van der Waals surface area contributed by atoms with Crippen molar-refractivity contribution in [1.82, 2.24) is 9.80 Å². The van der Waals surface area contributed by atoms with Gasteiger partial charge in [-0.1, -0.05) is 29.8 Å². The molecule has 2 aliphatic heterocycles. The van der Waals surface area contributed by atoms with E-state index in [1.807, 2.05) is 41.3 Å². The molecule has 1 amide bonds. The number of likely N-dealkylation sites (tertiary alicyclic amines) is 2. The Morgan fingerprint density at radius 1 is 1.07 bits per heavy atom. The number of methoxy groups -OCH3 is 1. The molecular formula is C24H29ClN2O3. The molecule has 2 heterocycles. The Labute approximate surface area is 183 Å². The highest BCUT2D eigenvalue weighted by atomic mass is 35.5. The van der Waals surface area contributed by atoms with Crippen molar-refractivity contribution in [3.8, 4) is 11.5 Å². The lowest BCUT2D eigenvalue weighted by Crippen LogP contribution is -2.42. The molecule has 5 nitrogen and oxygen atoms in total. The van der Waals surface area contributed by atoms with E-state index in [2.05, 4.69) is 4.90 Å². The molecule has 0 aromatic heterocycles. The number of ether oxygens (including phenoxy) is 2. The zero-order valence-electron chi connectivity index (χ0n) is 17.5. The normalized spacial score (nSPS) is 19.3. The van der Waals surface area contributed by atoms with Crippen LogP contribution in [0.3, 0.4) is 0 Å². The summed E-state index contributed by atoms with van der Waals surface area (Å²) in [6, 6.07) is 13.3. The topological polar surface area (TPSA) is 42.0 Å². The lowest BCUT2D eigenvalue weighted by atomic mass is 10.1. The highest BCUT2D eigenvalue weighted by molar-refractivity contribution is 6.31. The lowest BCUT2D eigenvalue weighted by molar-refractivity contribution is 0.0708. The van der Waals surface area contributed by atoms with Gasteiger partial charge < -0.3 is 19.3 Å². The van der Waals surface area contributed by atoms with Gasteiger partial charge in [-0.3, -0.25) is 4.79 Å². The van der Waals surface area contributed by atoms with E-state index in [4.69, 9.17) is 21.1 Å². The predicted octanol–water partition coefficient (Wildman–Crippen LogP) is 4.63. The Hall–Kier alpha value is -2.24. The highest BCUT2D eigenvalue weighted by Gasteiger charge is 2.31. The fraction of sp³-hybridized carbons (Fsp3) is 0.458. The average Bonchev–Trinajstić information content (AvgIpc) is 3.45. The van der Waals surface area contributed by atoms with Gasteiger partial charge in [-0.25, -0.2) is 0 Å². The van der Waals surface area contributed by atoms with E-state index < -0.39 is 0 Å². The third-order valence-corrected chi connectivity index (χ3v) is 6.43. The molecule has 0 saturated carbocycles. The van der Waals surface area contributed by atoms with Gasteiger partial charge in [0.2, 0.25) is 0 Å². The molecule has 0 N–H and O–H groups in total. The minimum atomic E-state index is 0.0765. The molecule has 2 saturated heterocycles. The van der Waals surface area contributed by atoms with Crippen LogP contribution >= 0.6 is 11.6 Å². The molecule has 0 radical (unpaired) electrons. The first kappa shape index (κ1) is 21.0. The van der Waals surface area contributed by atoms with Crippen LogP contribution in [0.15, 0.2) is 42.5 Å². The number of nitrogens with zero attached hydrogens (tertiary/aromatic N) is 2. The summed E-state index contributed by atoms with van der Waals surface area (Å²) in [5.41, 5.74) is 1.55. The van der Waals surface area contributed by atoms with Crippen LogP contribution in [0, 0.1) is 0 Å². The Kier molecular flexibility index (Phi) is 6.80. The first-order chi connectivity index (χ1) is 14.7. The fourth-order valence-electron chi connectivity index (χ4n) is 4.41. The Morgan fingerprint density at radius 3 is 2.63 bits per heavy atom. The maximum atomic E-state index is 13.2. The summed E-state index contributed by atoms with van der Waals surface area (Å²) >= 11 is 6.21. The molecule has 4 rings (SSSR count). The quantitative estimate of drug-likeness (QED) is 0.644. The summed E-state index contributed by atoms with van der Waals surface area (Å²) < 4.78 is 11.4. The van der Waals surface area contributed by atoms with Crippen molar-refractivity contribution < 1.29 is 14.3 Å². The Morgan fingerprint density at radius 2 is 1.87 bits per heavy atom. The molecule has 6 heteroatoms. The second-order valence-corrected chi connectivity index (χ2v) is 8.46. The number of amides is 1. The van der Waals surface area contributed by atoms with Crippen LogP contribution in [0.2, 0.25) is 5.02 Å². The minimum absolute atomic E-state index is 0.0765. The number of hydrogen-bond acceptors (Lipinski definition) is 4. The van der Waals surface area contributed by atoms with Crippen LogP contribution < -0.4 is 9.47 Å². The Balaban J connectivity index is 1.44. The molecule has 1 atom stereocenters. The van der Waals surface area contributed by atoms with E-state index in [0.717, 1.165) is 44.6 Å². The number of carbonyl (C=O) groups excluding carboxylic acids is 1. The molecule has 1 unspecified atom stereocenters. The minimum Gasteiger partial charge on any atom is -0.493 e. The standard InChI is InChI=1S/C24H29ClN2O3/c1-29-23-15-18(10-11-22(23)30-17-19-7-2-3-9-21(19)25)24(28)27-14-6-8-20(27)16-26-12-4-5-13-26/h2-3,7,9-11,15,20H,4-6,8,12-14,16-17H2,1H3. The summed E-state index contributed by atoms with van der Waals surface area (Å²) in [5, 5.41) is 0.668. The molecule has 0 aliphatic carbocycles. The van der Waals surface area contributed by atoms with E-state index in [9.17, 15) is 4.79 Å². The maximum Gasteiger partial charge on any atom is 0.254 e. The largest absolute Gasteiger partial charge is 0.493 e. The first-order valence-corrected chi connectivity index (χ1v) is 11.1. The molecule has 0 bridgehead atoms. The molecule has 2 aromatic carbocycles. The van der Waals surface area contributed by atoms with Crippen molar-refractivity contribution >= 4 is 17.5 Å². The number of carbonyl (C=O) groups is 1. The summed E-state index contributed by atoms with van der Waals surface area (Å²) in [7, 11) is 1.60. The number of benzene rings is 2. The SMILES string of the molecule is COc1cc(C(=O)N2CCCC2CN2CCCC2)ccc1OCc1ccccc1Cl. The van der Waals surface area contributed by atoms with Gasteiger partial charge in [-0.2, -0.15) is 0 Å². The molecule has 0 spiro atoms. The molecule has 30 heavy (non-hydrogen) atoms. The molecule has 2 fully saturated rings. The first-order valence-electron chi connectivity index (χ1n) is 10.7. The average molecular weight is 429 g/mol. The fourth-order valence-corrected chi connectivity index (χ4v) is 4.60. The van der Waals surface area contributed by atoms with Gasteiger partial charge in [-0.15, -0.1) is 0 Å². The number of hydrogen-bond donors (Lipinski definition) is 0. The van der Waals surface area contributed by atoms with E-state index in [0.29, 0.717) is 34.7 Å². The zero-order chi connectivity index (χ0) is 20.9. The van der Waals surface area contributed by atoms with Gasteiger partial charge in [0.15, 0.2) is 11.5 Å². The van der Waals surface area contributed by atoms with Gasteiger partial charge in [0.05, 0.1) is 7.11 Å². The monoisotopic (exact) mass is 428 g/mol. The summed E-state index contributed by atoms with van der Waals surface area (Å²) in [6.07, 6.45) is 4.69. The van der Waals surface area contributed by atoms with Crippen molar-refractivity contribution in [3.63, 3.8) is 0 Å². The van der Waals surface area contributed by atoms with Gasteiger partial charge in [0.25, 0.3) is 5.91 Å². The van der Waals surface area contributed by atoms with Crippen molar-refractivity contribution in [1.29, 1.82) is 0 Å². The predicted molar refractivity (Wildman–Crippen MR) is 119 cm³/mol. The number of halogens is 1. The molecular weight excluding hydrogens is 400 g/mol. The van der Waals surface area contributed by atoms with E-state index in [1.54, 1.807) is 13.2 Å². The third kappa shape index (κ3) is 4.73. The van der Waals surface area contributed by atoms with Gasteiger partial charge in [0.1, 0.15) is 6.61 Å². The van der Waals surface area contributed by atoms with Gasteiger partial charge >= 0.3 is 0 Å². The van der Waals surface area contributed by atoms with Crippen molar-refractivity contribution in [2.24, 2.45) is 0 Å². The molecule has 2 aromatic rings. The van der Waals surface area contributed by atoms with Gasteiger partial charge in [0, 0.05) is 35.3 Å². The van der Waals surface area contributed by atoms with E-state index in [1.165, 1.54) is 12.8 Å². The Bertz CT molecular complexity index is 883. The smallest absolute Gasteiger partial charge is 0.254 e. The van der Waals surface area contributed by atoms with Crippen molar-refractivity contribution in [2.75, 3.05) is 33.3 Å². The van der Waals surface area contributed by atoms with Crippen LogP contribution in [0.5, 0.6) is 11.5 Å². The number of rotatable bonds is 7. The zero-order valence-corrected chi connectivity index (χ0v) is 18.2. The lowest BCUT2D eigenvalue weighted by Gasteiger charge is -2.28. The van der Waals surface area contributed by atoms with Crippen LogP contribution in [-0.4, -0.2) is 55.0 Å². The van der Waals surface area contributed by atoms with Gasteiger partial charge in [-0.05, 0) is 63.0 Å². The highest BCUT2D eigenvalue weighted by Crippen LogP contribution is 2.31. The summed E-state index contributed by atoms with van der Waals surface area (Å²) in [4.78, 5) is 17.8. The van der Waals surface area contributed by atoms with Crippen LogP contribution in [-0.2, 0) is 6.61 Å². The van der Waals surface area contributed by atoms with Crippen LogP contribution in [0.1, 0.15) is 41.6 Å².